The number of hydrogen-bond acceptors (Lipinski definition) is 4. The van der Waals surface area contributed by atoms with Crippen LogP contribution in [0.1, 0.15) is 25.0 Å². The fourth-order valence-corrected chi connectivity index (χ4v) is 3.57. The highest BCUT2D eigenvalue weighted by Crippen LogP contribution is 2.19. The lowest BCUT2D eigenvalue weighted by Gasteiger charge is -2.14. The van der Waals surface area contributed by atoms with Gasteiger partial charge in [0.25, 0.3) is 0 Å². The topological polar surface area (TPSA) is 58.2 Å². The molecule has 0 fully saturated rings. The summed E-state index contributed by atoms with van der Waals surface area (Å²) >= 11 is 1.62. The van der Waals surface area contributed by atoms with Crippen molar-refractivity contribution in [3.05, 3.63) is 29.3 Å². The minimum absolute atomic E-state index is 0.370. The molecule has 0 amide bonds. The number of thioether (sulfide) groups is 1. The molecule has 0 saturated heterocycles. The summed E-state index contributed by atoms with van der Waals surface area (Å²) in [4.78, 5) is 0.377. The third kappa shape index (κ3) is 5.09. The lowest BCUT2D eigenvalue weighted by molar-refractivity contribution is 0.579. The van der Waals surface area contributed by atoms with E-state index in [-0.39, 0.29) is 0 Å². The molecule has 0 atom stereocenters. The third-order valence-electron chi connectivity index (χ3n) is 2.98. The maximum Gasteiger partial charge on any atom is 0.240 e. The first-order chi connectivity index (χ1) is 9.38. The third-order valence-corrected chi connectivity index (χ3v) is 5.20. The summed E-state index contributed by atoms with van der Waals surface area (Å²) in [6.07, 6.45) is 1.96. The molecule has 20 heavy (non-hydrogen) atoms. The van der Waals surface area contributed by atoms with E-state index in [1.807, 2.05) is 19.2 Å². The van der Waals surface area contributed by atoms with Crippen molar-refractivity contribution in [1.29, 1.82) is 0 Å². The van der Waals surface area contributed by atoms with Crippen LogP contribution in [-0.2, 0) is 16.6 Å². The van der Waals surface area contributed by atoms with Gasteiger partial charge in [-0.05, 0) is 30.4 Å². The normalized spacial score (nSPS) is 12.1. The van der Waals surface area contributed by atoms with Crippen molar-refractivity contribution in [2.75, 3.05) is 18.6 Å². The molecule has 1 aromatic carbocycles. The monoisotopic (exact) mass is 316 g/mol. The fourth-order valence-electron chi connectivity index (χ4n) is 1.81. The van der Waals surface area contributed by atoms with E-state index >= 15 is 0 Å². The smallest absolute Gasteiger partial charge is 0.240 e. The van der Waals surface area contributed by atoms with Crippen molar-refractivity contribution in [3.8, 4) is 0 Å². The van der Waals surface area contributed by atoms with Gasteiger partial charge in [0.2, 0.25) is 10.0 Å². The highest BCUT2D eigenvalue weighted by Gasteiger charge is 2.17. The van der Waals surface area contributed by atoms with Gasteiger partial charge in [0, 0.05) is 24.9 Å². The number of rotatable bonds is 8. The van der Waals surface area contributed by atoms with E-state index in [0.717, 1.165) is 16.9 Å². The van der Waals surface area contributed by atoms with Crippen molar-refractivity contribution in [1.82, 2.24) is 10.0 Å². The molecule has 1 rings (SSSR count). The summed E-state index contributed by atoms with van der Waals surface area (Å²) in [5.41, 5.74) is 1.84. The Balaban J connectivity index is 2.92. The Labute approximate surface area is 126 Å². The van der Waals surface area contributed by atoms with E-state index in [9.17, 15) is 8.42 Å². The zero-order chi connectivity index (χ0) is 15.2. The van der Waals surface area contributed by atoms with Crippen LogP contribution >= 0.6 is 11.8 Å². The van der Waals surface area contributed by atoms with Gasteiger partial charge in [0.1, 0.15) is 0 Å². The number of nitrogens with one attached hydrogen (secondary N) is 2. The summed E-state index contributed by atoms with van der Waals surface area (Å²) in [5, 5.41) is 3.32. The van der Waals surface area contributed by atoms with Gasteiger partial charge in [-0.2, -0.15) is 11.8 Å². The molecule has 0 spiro atoms. The molecule has 6 heteroatoms. The van der Waals surface area contributed by atoms with Crippen LogP contribution < -0.4 is 10.0 Å². The maximum absolute atomic E-state index is 12.3. The molecule has 4 nitrogen and oxygen atoms in total. The van der Waals surface area contributed by atoms with Crippen molar-refractivity contribution in [3.63, 3.8) is 0 Å². The quantitative estimate of drug-likeness (QED) is 0.722. The van der Waals surface area contributed by atoms with E-state index in [2.05, 4.69) is 23.9 Å². The summed E-state index contributed by atoms with van der Waals surface area (Å²) in [7, 11) is -3.42. The lowest BCUT2D eigenvalue weighted by Crippen LogP contribution is -2.27. The van der Waals surface area contributed by atoms with Crippen LogP contribution in [0.5, 0.6) is 0 Å². The van der Waals surface area contributed by atoms with Gasteiger partial charge in [-0.25, -0.2) is 13.1 Å². The van der Waals surface area contributed by atoms with Crippen LogP contribution in [0.15, 0.2) is 23.1 Å². The molecule has 0 aromatic heterocycles. The first kappa shape index (κ1) is 17.5. The summed E-state index contributed by atoms with van der Waals surface area (Å²) in [5.74, 6) is 0.771. The summed E-state index contributed by atoms with van der Waals surface area (Å²) in [6.45, 7) is 7.13. The van der Waals surface area contributed by atoms with E-state index in [1.165, 1.54) is 0 Å². The van der Waals surface area contributed by atoms with Gasteiger partial charge in [0.05, 0.1) is 4.90 Å². The second-order valence-corrected chi connectivity index (χ2v) is 7.69. The number of hydrogen-bond donors (Lipinski definition) is 2. The van der Waals surface area contributed by atoms with Gasteiger partial charge in [-0.1, -0.05) is 26.0 Å². The van der Waals surface area contributed by atoms with Crippen LogP contribution in [0, 0.1) is 6.92 Å². The van der Waals surface area contributed by atoms with Gasteiger partial charge < -0.3 is 5.32 Å². The first-order valence-corrected chi connectivity index (χ1v) is 9.56. The molecule has 0 bridgehead atoms. The molecule has 0 radical (unpaired) electrons. The standard InChI is InChI=1S/C14H24N2O2S2/c1-11(2)15-10-13-6-5-7-14(12(13)3)20(17,18)16-8-9-19-4/h5-7,11,15-16H,8-10H2,1-4H3. The molecule has 0 heterocycles. The average molecular weight is 316 g/mol. The van der Waals surface area contributed by atoms with Crippen molar-refractivity contribution >= 4 is 21.8 Å². The van der Waals surface area contributed by atoms with Crippen LogP contribution in [-0.4, -0.2) is 33.0 Å². The van der Waals surface area contributed by atoms with Crippen molar-refractivity contribution < 1.29 is 8.42 Å². The zero-order valence-corrected chi connectivity index (χ0v) is 14.2. The lowest BCUT2D eigenvalue weighted by atomic mass is 10.1. The minimum Gasteiger partial charge on any atom is -0.310 e. The Bertz CT molecular complexity index is 528. The predicted octanol–water partition coefficient (Wildman–Crippen LogP) is 2.13. The largest absolute Gasteiger partial charge is 0.310 e. The molecule has 0 unspecified atom stereocenters. The molecule has 0 saturated carbocycles. The predicted molar refractivity (Wildman–Crippen MR) is 86.7 cm³/mol. The molecule has 0 aliphatic heterocycles. The zero-order valence-electron chi connectivity index (χ0n) is 12.6. The summed E-state index contributed by atoms with van der Waals surface area (Å²) < 4.78 is 27.2. The van der Waals surface area contributed by atoms with Crippen LogP contribution in [0.3, 0.4) is 0 Å². The van der Waals surface area contributed by atoms with E-state index in [0.29, 0.717) is 24.0 Å². The summed E-state index contributed by atoms with van der Waals surface area (Å²) in [6, 6.07) is 5.80. The molecular weight excluding hydrogens is 292 g/mol. The number of benzene rings is 1. The van der Waals surface area contributed by atoms with E-state index in [1.54, 1.807) is 23.9 Å². The Morgan fingerprint density at radius 3 is 2.60 bits per heavy atom. The van der Waals surface area contributed by atoms with Crippen molar-refractivity contribution in [2.45, 2.75) is 38.3 Å². The van der Waals surface area contributed by atoms with Gasteiger partial charge >= 0.3 is 0 Å². The maximum atomic E-state index is 12.3. The highest BCUT2D eigenvalue weighted by molar-refractivity contribution is 7.98. The average Bonchev–Trinajstić information content (AvgIpc) is 2.37. The first-order valence-electron chi connectivity index (χ1n) is 6.69. The molecule has 0 aliphatic carbocycles. The Morgan fingerprint density at radius 1 is 1.30 bits per heavy atom. The van der Waals surface area contributed by atoms with Crippen molar-refractivity contribution in [2.24, 2.45) is 0 Å². The van der Waals surface area contributed by atoms with Crippen LogP contribution in [0.25, 0.3) is 0 Å². The van der Waals surface area contributed by atoms with E-state index in [4.69, 9.17) is 0 Å². The molecule has 2 N–H and O–H groups in total. The molecular formula is C14H24N2O2S2. The Morgan fingerprint density at radius 2 is 2.00 bits per heavy atom. The fraction of sp³-hybridized carbons (Fsp3) is 0.571. The molecule has 1 aromatic rings. The minimum atomic E-state index is -3.42. The molecule has 114 valence electrons. The van der Waals surface area contributed by atoms with Crippen LogP contribution in [0.4, 0.5) is 0 Å². The second-order valence-electron chi connectivity index (χ2n) is 4.97. The SMILES string of the molecule is CSCCNS(=O)(=O)c1cccc(CNC(C)C)c1C. The van der Waals surface area contributed by atoms with Gasteiger partial charge in [-0.3, -0.25) is 0 Å². The number of sulfonamides is 1. The molecule has 0 aliphatic rings. The van der Waals surface area contributed by atoms with Gasteiger partial charge in [0.15, 0.2) is 0 Å². The second kappa shape index (κ2) is 8.02. The Hall–Kier alpha value is -0.560. The van der Waals surface area contributed by atoms with Crippen LogP contribution in [0.2, 0.25) is 0 Å². The highest BCUT2D eigenvalue weighted by atomic mass is 32.2. The van der Waals surface area contributed by atoms with E-state index < -0.39 is 10.0 Å². The van der Waals surface area contributed by atoms with Gasteiger partial charge in [-0.15, -0.1) is 0 Å². The Kier molecular flexibility index (Phi) is 7.02.